The number of thioether (sulfide) groups is 1. The number of rotatable bonds is 6. The number of thiophene rings is 1. The van der Waals surface area contributed by atoms with Crippen LogP contribution in [0.4, 0.5) is 0 Å². The van der Waals surface area contributed by atoms with Crippen LogP contribution in [0.5, 0.6) is 0 Å². The summed E-state index contributed by atoms with van der Waals surface area (Å²) in [5, 5.41) is 1.59. The highest BCUT2D eigenvalue weighted by atomic mass is 32.2. The van der Waals surface area contributed by atoms with Gasteiger partial charge in [0.05, 0.1) is 23.8 Å². The Morgan fingerprint density at radius 2 is 2.03 bits per heavy atom. The molecule has 0 saturated heterocycles. The molecule has 0 radical (unpaired) electrons. The Bertz CT molecular complexity index is 1110. The van der Waals surface area contributed by atoms with Gasteiger partial charge in [0.15, 0.2) is 5.16 Å². The second-order valence-corrected chi connectivity index (χ2v) is 11.0. The molecule has 0 saturated carbocycles. The molecule has 160 valence electrons. The molecular formula is C24H30N2O2S2. The lowest BCUT2D eigenvalue weighted by molar-refractivity contribution is 0.00200. The minimum Gasteiger partial charge on any atom is -0.372 e. The molecule has 0 fully saturated rings. The van der Waals surface area contributed by atoms with Crippen LogP contribution in [0, 0.1) is 18.8 Å². The van der Waals surface area contributed by atoms with Gasteiger partial charge in [0.2, 0.25) is 0 Å². The normalized spacial score (nSPS) is 16.6. The third-order valence-corrected chi connectivity index (χ3v) is 7.81. The van der Waals surface area contributed by atoms with Crippen molar-refractivity contribution in [3.63, 3.8) is 0 Å². The van der Waals surface area contributed by atoms with E-state index in [1.165, 1.54) is 0 Å². The van der Waals surface area contributed by atoms with Crippen molar-refractivity contribution in [3.05, 3.63) is 50.6 Å². The highest BCUT2D eigenvalue weighted by molar-refractivity contribution is 7.99. The lowest BCUT2D eigenvalue weighted by atomic mass is 9.96. The van der Waals surface area contributed by atoms with Gasteiger partial charge in [-0.3, -0.25) is 9.36 Å². The smallest absolute Gasteiger partial charge is 0.267 e. The fourth-order valence-electron chi connectivity index (χ4n) is 3.85. The van der Waals surface area contributed by atoms with Gasteiger partial charge in [0, 0.05) is 17.1 Å². The fourth-order valence-corrected chi connectivity index (χ4v) is 6.26. The van der Waals surface area contributed by atoms with E-state index < -0.39 is 0 Å². The van der Waals surface area contributed by atoms with Crippen LogP contribution in [0.2, 0.25) is 0 Å². The summed E-state index contributed by atoms with van der Waals surface area (Å²) in [7, 11) is 0. The number of aryl methyl sites for hydroxylation is 1. The van der Waals surface area contributed by atoms with Crippen LogP contribution in [0.3, 0.4) is 0 Å². The SMILES string of the molecule is Cc1ccccc1-n1c(SCCC(C)C)nc2sc3c(c2c1=O)C[C@H](C(C)C)OC3. The number of nitrogens with zero attached hydrogens (tertiary/aromatic N) is 2. The summed E-state index contributed by atoms with van der Waals surface area (Å²) in [6, 6.07) is 8.08. The maximum Gasteiger partial charge on any atom is 0.267 e. The Balaban J connectivity index is 1.89. The summed E-state index contributed by atoms with van der Waals surface area (Å²) < 4.78 is 7.90. The molecule has 30 heavy (non-hydrogen) atoms. The first-order valence-corrected chi connectivity index (χ1v) is 12.5. The summed E-state index contributed by atoms with van der Waals surface area (Å²) in [5.41, 5.74) is 3.22. The highest BCUT2D eigenvalue weighted by Crippen LogP contribution is 2.36. The van der Waals surface area contributed by atoms with Crippen molar-refractivity contribution in [3.8, 4) is 5.69 Å². The van der Waals surface area contributed by atoms with Crippen LogP contribution < -0.4 is 5.56 Å². The van der Waals surface area contributed by atoms with Crippen LogP contribution in [-0.4, -0.2) is 21.4 Å². The van der Waals surface area contributed by atoms with E-state index in [2.05, 4.69) is 40.7 Å². The highest BCUT2D eigenvalue weighted by Gasteiger charge is 2.29. The molecule has 0 N–H and O–H groups in total. The molecule has 6 heteroatoms. The number of ether oxygens (including phenoxy) is 1. The number of hydrogen-bond donors (Lipinski definition) is 0. The molecule has 0 spiro atoms. The second kappa shape index (κ2) is 8.85. The molecule has 1 atom stereocenters. The quantitative estimate of drug-likeness (QED) is 0.347. The molecule has 3 heterocycles. The number of fused-ring (bicyclic) bond motifs is 3. The number of para-hydroxylation sites is 1. The summed E-state index contributed by atoms with van der Waals surface area (Å²) in [4.78, 5) is 20.9. The van der Waals surface area contributed by atoms with E-state index in [9.17, 15) is 4.79 Å². The number of hydrogen-bond acceptors (Lipinski definition) is 5. The van der Waals surface area contributed by atoms with Crippen molar-refractivity contribution < 1.29 is 4.74 Å². The zero-order valence-electron chi connectivity index (χ0n) is 18.4. The molecule has 4 nitrogen and oxygen atoms in total. The van der Waals surface area contributed by atoms with Crippen LogP contribution in [-0.2, 0) is 17.8 Å². The Labute approximate surface area is 186 Å². The van der Waals surface area contributed by atoms with Gasteiger partial charge in [-0.25, -0.2) is 4.98 Å². The maximum absolute atomic E-state index is 13.9. The van der Waals surface area contributed by atoms with Crippen LogP contribution in [0.1, 0.15) is 50.1 Å². The third kappa shape index (κ3) is 4.10. The van der Waals surface area contributed by atoms with Gasteiger partial charge in [-0.2, -0.15) is 0 Å². The van der Waals surface area contributed by atoms with Crippen molar-refractivity contribution in [2.24, 2.45) is 11.8 Å². The van der Waals surface area contributed by atoms with Crippen molar-refractivity contribution in [2.75, 3.05) is 5.75 Å². The molecule has 4 rings (SSSR count). The summed E-state index contributed by atoms with van der Waals surface area (Å²) in [5.74, 6) is 2.00. The van der Waals surface area contributed by atoms with Gasteiger partial charge in [0.1, 0.15) is 4.83 Å². The third-order valence-electron chi connectivity index (χ3n) is 5.74. The number of aromatic nitrogens is 2. The van der Waals surface area contributed by atoms with Gasteiger partial charge in [-0.05, 0) is 42.4 Å². The van der Waals surface area contributed by atoms with Crippen LogP contribution >= 0.6 is 23.1 Å². The predicted molar refractivity (Wildman–Crippen MR) is 127 cm³/mol. The summed E-state index contributed by atoms with van der Waals surface area (Å²) in [6.45, 7) is 11.4. The monoisotopic (exact) mass is 442 g/mol. The molecule has 2 aromatic heterocycles. The largest absolute Gasteiger partial charge is 0.372 e. The van der Waals surface area contributed by atoms with Crippen molar-refractivity contribution >= 4 is 33.3 Å². The molecule has 3 aromatic rings. The zero-order valence-corrected chi connectivity index (χ0v) is 20.0. The van der Waals surface area contributed by atoms with E-state index in [1.807, 2.05) is 22.8 Å². The van der Waals surface area contributed by atoms with E-state index in [0.29, 0.717) is 18.4 Å². The van der Waals surface area contributed by atoms with E-state index in [0.717, 1.165) is 55.7 Å². The minimum absolute atomic E-state index is 0.0586. The van der Waals surface area contributed by atoms with Gasteiger partial charge in [-0.1, -0.05) is 57.7 Å². The van der Waals surface area contributed by atoms with Gasteiger partial charge in [-0.15, -0.1) is 11.3 Å². The van der Waals surface area contributed by atoms with Crippen LogP contribution in [0.15, 0.2) is 34.2 Å². The van der Waals surface area contributed by atoms with Crippen LogP contribution in [0.25, 0.3) is 15.9 Å². The molecule has 0 aliphatic carbocycles. The minimum atomic E-state index is 0.0586. The number of benzene rings is 1. The first kappa shape index (κ1) is 21.6. The second-order valence-electron chi connectivity index (χ2n) is 8.83. The van der Waals surface area contributed by atoms with Crippen molar-refractivity contribution in [1.82, 2.24) is 9.55 Å². The lowest BCUT2D eigenvalue weighted by Crippen LogP contribution is -2.28. The topological polar surface area (TPSA) is 44.1 Å². The summed E-state index contributed by atoms with van der Waals surface area (Å²) in [6.07, 6.45) is 2.04. The predicted octanol–water partition coefficient (Wildman–Crippen LogP) is 5.99. The van der Waals surface area contributed by atoms with E-state index in [1.54, 1.807) is 23.1 Å². The Kier molecular flexibility index (Phi) is 6.37. The molecule has 0 bridgehead atoms. The van der Waals surface area contributed by atoms with Crippen molar-refractivity contribution in [1.29, 1.82) is 0 Å². The Morgan fingerprint density at radius 1 is 1.27 bits per heavy atom. The standard InChI is InChI=1S/C24H30N2O2S2/c1-14(2)10-11-29-24-25-22-21(17-12-19(15(3)4)28-13-20(17)30-22)23(27)26(24)18-9-7-6-8-16(18)5/h6-9,14-15,19H,10-13H2,1-5H3/t19-/m1/s1. The average Bonchev–Trinajstić information content (AvgIpc) is 3.06. The first-order chi connectivity index (χ1) is 14.4. The molecule has 0 unspecified atom stereocenters. The Morgan fingerprint density at radius 3 is 2.73 bits per heavy atom. The average molecular weight is 443 g/mol. The van der Waals surface area contributed by atoms with Gasteiger partial charge in [0.25, 0.3) is 5.56 Å². The van der Waals surface area contributed by atoms with Crippen molar-refractivity contribution in [2.45, 2.75) is 65.3 Å². The van der Waals surface area contributed by atoms with E-state index in [4.69, 9.17) is 9.72 Å². The first-order valence-electron chi connectivity index (χ1n) is 10.7. The lowest BCUT2D eigenvalue weighted by Gasteiger charge is -2.26. The van der Waals surface area contributed by atoms with E-state index in [-0.39, 0.29) is 11.7 Å². The van der Waals surface area contributed by atoms with Gasteiger partial charge < -0.3 is 4.74 Å². The molecule has 0 amide bonds. The zero-order chi connectivity index (χ0) is 21.4. The Hall–Kier alpha value is -1.63. The summed E-state index contributed by atoms with van der Waals surface area (Å²) >= 11 is 3.31. The molecule has 1 aliphatic heterocycles. The molecular weight excluding hydrogens is 412 g/mol. The molecule has 1 aromatic carbocycles. The molecule has 1 aliphatic rings. The fraction of sp³-hybridized carbons (Fsp3) is 0.500. The van der Waals surface area contributed by atoms with Gasteiger partial charge >= 0.3 is 0 Å². The van der Waals surface area contributed by atoms with E-state index >= 15 is 0 Å². The maximum atomic E-state index is 13.9.